The van der Waals surface area contributed by atoms with Gasteiger partial charge < -0.3 is 11.1 Å². The van der Waals surface area contributed by atoms with E-state index in [0.717, 1.165) is 19.5 Å². The molecule has 152 valence electrons. The average molecular weight is 414 g/mol. The molecule has 6 heteroatoms. The Morgan fingerprint density at radius 3 is 2.37 bits per heavy atom. The minimum atomic E-state index is 0. The van der Waals surface area contributed by atoms with E-state index >= 15 is 0 Å². The summed E-state index contributed by atoms with van der Waals surface area (Å²) in [6, 6.07) is 9.13. The van der Waals surface area contributed by atoms with Gasteiger partial charge in [-0.05, 0) is 69.5 Å². The number of halogens is 2. The molecule has 1 aromatic rings. The standard InChI is InChI=1S/C21H31N3O.2ClH/c1-14-4-6-15(7-5-14)18(24-10-2-3-11-24)13-23-21(25)19-16-8-9-17(12-16)20(19)22;;/h4-7,16-20H,2-3,8-13,22H2,1H3,(H,23,25);2*1H. The number of hydrogen-bond acceptors (Lipinski definition) is 3. The number of carbonyl (C=O) groups is 1. The molecular weight excluding hydrogens is 381 g/mol. The highest BCUT2D eigenvalue weighted by molar-refractivity contribution is 5.85. The van der Waals surface area contributed by atoms with Crippen molar-refractivity contribution in [2.75, 3.05) is 19.6 Å². The van der Waals surface area contributed by atoms with Gasteiger partial charge in [-0.15, -0.1) is 24.8 Å². The number of nitrogens with zero attached hydrogens (tertiary/aromatic N) is 1. The van der Waals surface area contributed by atoms with E-state index in [1.807, 2.05) is 0 Å². The van der Waals surface area contributed by atoms with E-state index in [-0.39, 0.29) is 48.7 Å². The highest BCUT2D eigenvalue weighted by Gasteiger charge is 2.49. The third kappa shape index (κ3) is 4.61. The number of nitrogens with two attached hydrogens (primary N) is 1. The van der Waals surface area contributed by atoms with Crippen LogP contribution in [0.15, 0.2) is 24.3 Å². The van der Waals surface area contributed by atoms with Gasteiger partial charge >= 0.3 is 0 Å². The highest BCUT2D eigenvalue weighted by Crippen LogP contribution is 2.47. The minimum absolute atomic E-state index is 0. The predicted molar refractivity (Wildman–Crippen MR) is 115 cm³/mol. The van der Waals surface area contributed by atoms with Crippen LogP contribution in [0.1, 0.15) is 49.3 Å². The van der Waals surface area contributed by atoms with E-state index in [4.69, 9.17) is 5.73 Å². The molecule has 2 aliphatic carbocycles. The fraction of sp³-hybridized carbons (Fsp3) is 0.667. The van der Waals surface area contributed by atoms with Crippen LogP contribution in [0, 0.1) is 24.7 Å². The van der Waals surface area contributed by atoms with Gasteiger partial charge in [0.05, 0.1) is 12.0 Å². The van der Waals surface area contributed by atoms with E-state index in [1.165, 1.54) is 36.8 Å². The van der Waals surface area contributed by atoms with Crippen LogP contribution in [0.5, 0.6) is 0 Å². The van der Waals surface area contributed by atoms with Crippen molar-refractivity contribution in [1.82, 2.24) is 10.2 Å². The lowest BCUT2D eigenvalue weighted by Crippen LogP contribution is -2.47. The maximum absolute atomic E-state index is 12.8. The van der Waals surface area contributed by atoms with Crippen molar-refractivity contribution in [3.8, 4) is 0 Å². The third-order valence-corrected chi connectivity index (χ3v) is 6.80. The van der Waals surface area contributed by atoms with Crippen molar-refractivity contribution in [1.29, 1.82) is 0 Å². The van der Waals surface area contributed by atoms with Crippen molar-refractivity contribution in [3.63, 3.8) is 0 Å². The summed E-state index contributed by atoms with van der Waals surface area (Å²) in [4.78, 5) is 15.4. The van der Waals surface area contributed by atoms with Gasteiger partial charge in [0.2, 0.25) is 5.91 Å². The molecule has 2 saturated carbocycles. The van der Waals surface area contributed by atoms with E-state index in [1.54, 1.807) is 0 Å². The SMILES string of the molecule is Cc1ccc(C(CNC(=O)C2C3CCC(C3)C2N)N2CCCC2)cc1.Cl.Cl. The summed E-state index contributed by atoms with van der Waals surface area (Å²) in [5, 5.41) is 3.27. The molecule has 0 radical (unpaired) electrons. The molecule has 27 heavy (non-hydrogen) atoms. The second kappa shape index (κ2) is 9.60. The smallest absolute Gasteiger partial charge is 0.225 e. The zero-order valence-electron chi connectivity index (χ0n) is 16.1. The molecule has 1 saturated heterocycles. The van der Waals surface area contributed by atoms with Crippen molar-refractivity contribution < 1.29 is 4.79 Å². The first-order valence-electron chi connectivity index (χ1n) is 9.97. The maximum Gasteiger partial charge on any atom is 0.225 e. The Hall–Kier alpha value is -0.810. The Morgan fingerprint density at radius 1 is 1.15 bits per heavy atom. The molecule has 0 aromatic heterocycles. The molecular formula is C21H33Cl2N3O. The second-order valence-electron chi connectivity index (χ2n) is 8.35. The fourth-order valence-electron chi connectivity index (χ4n) is 5.34. The Labute approximate surface area is 175 Å². The first kappa shape index (κ1) is 22.5. The highest BCUT2D eigenvalue weighted by atomic mass is 35.5. The predicted octanol–water partition coefficient (Wildman–Crippen LogP) is 3.47. The summed E-state index contributed by atoms with van der Waals surface area (Å²) >= 11 is 0. The number of aryl methyl sites for hydroxylation is 1. The number of carbonyl (C=O) groups excluding carboxylic acids is 1. The quantitative estimate of drug-likeness (QED) is 0.776. The maximum atomic E-state index is 12.8. The fourth-order valence-corrected chi connectivity index (χ4v) is 5.34. The van der Waals surface area contributed by atoms with E-state index < -0.39 is 0 Å². The Morgan fingerprint density at radius 2 is 1.78 bits per heavy atom. The van der Waals surface area contributed by atoms with Gasteiger partial charge in [0.15, 0.2) is 0 Å². The van der Waals surface area contributed by atoms with Gasteiger partial charge in [-0.1, -0.05) is 29.8 Å². The molecule has 1 aromatic carbocycles. The molecule has 5 unspecified atom stereocenters. The molecule has 5 atom stereocenters. The summed E-state index contributed by atoms with van der Waals surface area (Å²) in [5.41, 5.74) is 8.94. The Kier molecular flexibility index (Phi) is 7.99. The number of benzene rings is 1. The van der Waals surface area contributed by atoms with Gasteiger partial charge in [-0.3, -0.25) is 9.69 Å². The van der Waals surface area contributed by atoms with Gasteiger partial charge in [0.25, 0.3) is 0 Å². The summed E-state index contributed by atoms with van der Waals surface area (Å²) < 4.78 is 0. The summed E-state index contributed by atoms with van der Waals surface area (Å²) in [6.45, 7) is 5.07. The topological polar surface area (TPSA) is 58.4 Å². The van der Waals surface area contributed by atoms with Crippen LogP contribution in [0.3, 0.4) is 0 Å². The van der Waals surface area contributed by atoms with Crippen LogP contribution in [0.2, 0.25) is 0 Å². The molecule has 1 amide bonds. The number of amides is 1. The van der Waals surface area contributed by atoms with Crippen molar-refractivity contribution in [3.05, 3.63) is 35.4 Å². The van der Waals surface area contributed by atoms with Crippen molar-refractivity contribution in [2.24, 2.45) is 23.5 Å². The Balaban J connectivity index is 0.00000131. The molecule has 1 aliphatic heterocycles. The molecule has 4 nitrogen and oxygen atoms in total. The molecule has 1 heterocycles. The van der Waals surface area contributed by atoms with Crippen molar-refractivity contribution >= 4 is 30.7 Å². The van der Waals surface area contributed by atoms with E-state index in [9.17, 15) is 4.79 Å². The molecule has 2 bridgehead atoms. The molecule has 3 N–H and O–H groups in total. The van der Waals surface area contributed by atoms with Gasteiger partial charge in [0.1, 0.15) is 0 Å². The number of likely N-dealkylation sites (tertiary alicyclic amines) is 1. The summed E-state index contributed by atoms with van der Waals surface area (Å²) in [7, 11) is 0. The van der Waals surface area contributed by atoms with Crippen molar-refractivity contribution in [2.45, 2.75) is 51.1 Å². The van der Waals surface area contributed by atoms with Crippen LogP contribution in [-0.4, -0.2) is 36.5 Å². The first-order valence-corrected chi connectivity index (χ1v) is 9.97. The lowest BCUT2D eigenvalue weighted by atomic mass is 9.84. The largest absolute Gasteiger partial charge is 0.354 e. The van der Waals surface area contributed by atoms with Crippen LogP contribution < -0.4 is 11.1 Å². The summed E-state index contributed by atoms with van der Waals surface area (Å²) in [6.07, 6.45) is 6.08. The zero-order chi connectivity index (χ0) is 17.4. The number of fused-ring (bicyclic) bond motifs is 2. The average Bonchev–Trinajstić information content (AvgIpc) is 3.33. The third-order valence-electron chi connectivity index (χ3n) is 6.80. The van der Waals surface area contributed by atoms with Crippen LogP contribution >= 0.6 is 24.8 Å². The normalized spacial score (nSPS) is 30.4. The number of rotatable bonds is 5. The molecule has 3 fully saturated rings. The van der Waals surface area contributed by atoms with Crippen LogP contribution in [0.25, 0.3) is 0 Å². The van der Waals surface area contributed by atoms with Gasteiger partial charge in [0, 0.05) is 12.6 Å². The number of nitrogens with one attached hydrogen (secondary N) is 1. The molecule has 3 aliphatic rings. The minimum Gasteiger partial charge on any atom is -0.354 e. The first-order chi connectivity index (χ1) is 12.1. The lowest BCUT2D eigenvalue weighted by Gasteiger charge is -2.31. The monoisotopic (exact) mass is 413 g/mol. The second-order valence-corrected chi connectivity index (χ2v) is 8.35. The van der Waals surface area contributed by atoms with Crippen LogP contribution in [0.4, 0.5) is 0 Å². The van der Waals surface area contributed by atoms with E-state index in [2.05, 4.69) is 41.4 Å². The lowest BCUT2D eigenvalue weighted by molar-refractivity contribution is -0.127. The number of hydrogen-bond donors (Lipinski definition) is 2. The summed E-state index contributed by atoms with van der Waals surface area (Å²) in [5.74, 6) is 1.32. The van der Waals surface area contributed by atoms with Crippen LogP contribution in [-0.2, 0) is 4.79 Å². The van der Waals surface area contributed by atoms with E-state index in [0.29, 0.717) is 18.4 Å². The van der Waals surface area contributed by atoms with Gasteiger partial charge in [-0.2, -0.15) is 0 Å². The van der Waals surface area contributed by atoms with Gasteiger partial charge in [-0.25, -0.2) is 0 Å². The molecule has 0 spiro atoms. The zero-order valence-corrected chi connectivity index (χ0v) is 17.7. The molecule has 4 rings (SSSR count). The Bertz CT molecular complexity index is 616.